The first kappa shape index (κ1) is 13.7. The zero-order valence-electron chi connectivity index (χ0n) is 11.1. The Balaban J connectivity index is 2.50. The molecule has 1 rings (SSSR count). The number of benzene rings is 1. The summed E-state index contributed by atoms with van der Waals surface area (Å²) in [4.78, 5) is 10.9. The summed E-state index contributed by atoms with van der Waals surface area (Å²) < 4.78 is 4.59. The Kier molecular flexibility index (Phi) is 5.16. The maximum Gasteiger partial charge on any atom is 0.306 e. The molecule has 17 heavy (non-hydrogen) atoms. The maximum absolute atomic E-state index is 10.9. The van der Waals surface area contributed by atoms with Crippen LogP contribution in [0, 0.1) is 20.8 Å². The van der Waals surface area contributed by atoms with Crippen molar-refractivity contribution < 1.29 is 9.53 Å². The second-order valence-corrected chi connectivity index (χ2v) is 4.38. The van der Waals surface area contributed by atoms with E-state index in [1.807, 2.05) is 0 Å². The lowest BCUT2D eigenvalue weighted by Crippen LogP contribution is -2.19. The largest absolute Gasteiger partial charge is 0.469 e. The van der Waals surface area contributed by atoms with Crippen molar-refractivity contribution in [1.29, 1.82) is 0 Å². The second-order valence-electron chi connectivity index (χ2n) is 4.38. The molecule has 0 bridgehead atoms. The van der Waals surface area contributed by atoms with Crippen LogP contribution in [0.15, 0.2) is 12.1 Å². The van der Waals surface area contributed by atoms with Crippen molar-refractivity contribution in [1.82, 2.24) is 5.32 Å². The van der Waals surface area contributed by atoms with Crippen molar-refractivity contribution in [2.45, 2.75) is 33.7 Å². The molecule has 0 fully saturated rings. The summed E-state index contributed by atoms with van der Waals surface area (Å²) in [5.74, 6) is -0.171. The smallest absolute Gasteiger partial charge is 0.306 e. The van der Waals surface area contributed by atoms with Gasteiger partial charge in [-0.1, -0.05) is 17.7 Å². The fourth-order valence-electron chi connectivity index (χ4n) is 1.99. The highest BCUT2D eigenvalue weighted by Gasteiger charge is 2.04. The van der Waals surface area contributed by atoms with E-state index in [-0.39, 0.29) is 5.97 Å². The first-order chi connectivity index (χ1) is 8.04. The lowest BCUT2D eigenvalue weighted by atomic mass is 10.00. The molecule has 0 aliphatic carbocycles. The van der Waals surface area contributed by atoms with Crippen LogP contribution in [0.4, 0.5) is 0 Å². The van der Waals surface area contributed by atoms with Crippen LogP contribution in [0.25, 0.3) is 0 Å². The highest BCUT2D eigenvalue weighted by Crippen LogP contribution is 2.15. The molecule has 0 unspecified atom stereocenters. The van der Waals surface area contributed by atoms with Gasteiger partial charge in [-0.15, -0.1) is 0 Å². The molecule has 94 valence electrons. The Hall–Kier alpha value is -1.35. The van der Waals surface area contributed by atoms with Crippen LogP contribution in [-0.4, -0.2) is 19.6 Å². The summed E-state index contributed by atoms with van der Waals surface area (Å²) in [6, 6.07) is 4.37. The van der Waals surface area contributed by atoms with Crippen LogP contribution in [0.3, 0.4) is 0 Å². The fraction of sp³-hybridized carbons (Fsp3) is 0.500. The molecule has 0 aliphatic rings. The van der Waals surface area contributed by atoms with E-state index in [1.54, 1.807) is 0 Å². The maximum atomic E-state index is 10.9. The van der Waals surface area contributed by atoms with E-state index in [1.165, 1.54) is 29.4 Å². The lowest BCUT2D eigenvalue weighted by Gasteiger charge is -2.12. The van der Waals surface area contributed by atoms with Crippen molar-refractivity contribution in [3.63, 3.8) is 0 Å². The minimum Gasteiger partial charge on any atom is -0.469 e. The first-order valence-electron chi connectivity index (χ1n) is 5.89. The van der Waals surface area contributed by atoms with Crippen molar-refractivity contribution >= 4 is 5.97 Å². The number of rotatable bonds is 5. The summed E-state index contributed by atoms with van der Waals surface area (Å²) in [5, 5.41) is 3.27. The van der Waals surface area contributed by atoms with Gasteiger partial charge < -0.3 is 10.1 Å². The van der Waals surface area contributed by atoms with Gasteiger partial charge >= 0.3 is 5.97 Å². The van der Waals surface area contributed by atoms with Gasteiger partial charge in [-0.05, 0) is 37.5 Å². The Labute approximate surface area is 103 Å². The molecule has 0 saturated carbocycles. The summed E-state index contributed by atoms with van der Waals surface area (Å²) in [6.07, 6.45) is 0.417. The van der Waals surface area contributed by atoms with Gasteiger partial charge in [0.25, 0.3) is 0 Å². The molecule has 0 amide bonds. The Morgan fingerprint density at radius 2 is 1.82 bits per heavy atom. The summed E-state index contributed by atoms with van der Waals surface area (Å²) in [5.41, 5.74) is 5.21. The number of ether oxygens (including phenoxy) is 1. The van der Waals surface area contributed by atoms with Gasteiger partial charge in [-0.25, -0.2) is 0 Å². The summed E-state index contributed by atoms with van der Waals surface area (Å²) in [6.45, 7) is 7.80. The number of hydrogen-bond donors (Lipinski definition) is 1. The van der Waals surface area contributed by atoms with Crippen molar-refractivity contribution in [2.24, 2.45) is 0 Å². The first-order valence-corrected chi connectivity index (χ1v) is 5.89. The van der Waals surface area contributed by atoms with Crippen LogP contribution in [0.1, 0.15) is 28.7 Å². The van der Waals surface area contributed by atoms with Gasteiger partial charge in [0.05, 0.1) is 13.5 Å². The molecule has 0 heterocycles. The van der Waals surface area contributed by atoms with Crippen LogP contribution in [-0.2, 0) is 16.1 Å². The normalized spacial score (nSPS) is 10.4. The Morgan fingerprint density at radius 3 is 2.35 bits per heavy atom. The number of carbonyl (C=O) groups is 1. The van der Waals surface area contributed by atoms with Crippen LogP contribution < -0.4 is 5.32 Å². The fourth-order valence-corrected chi connectivity index (χ4v) is 1.99. The SMILES string of the molecule is COC(=O)CCNCc1c(C)cc(C)cc1C. The van der Waals surface area contributed by atoms with Crippen LogP contribution in [0.5, 0.6) is 0 Å². The molecule has 1 aromatic carbocycles. The second kappa shape index (κ2) is 6.40. The van der Waals surface area contributed by atoms with E-state index in [2.05, 4.69) is 43.0 Å². The average Bonchev–Trinajstić information content (AvgIpc) is 2.26. The molecule has 0 saturated heterocycles. The van der Waals surface area contributed by atoms with E-state index in [9.17, 15) is 4.79 Å². The molecule has 0 radical (unpaired) electrons. The monoisotopic (exact) mass is 235 g/mol. The minimum atomic E-state index is -0.171. The van der Waals surface area contributed by atoms with E-state index in [4.69, 9.17) is 0 Å². The van der Waals surface area contributed by atoms with Crippen LogP contribution >= 0.6 is 0 Å². The number of nitrogens with one attached hydrogen (secondary N) is 1. The predicted octanol–water partition coefficient (Wildman–Crippen LogP) is 2.26. The molecule has 3 heteroatoms. The van der Waals surface area contributed by atoms with Gasteiger partial charge in [0.2, 0.25) is 0 Å². The zero-order chi connectivity index (χ0) is 12.8. The quantitative estimate of drug-likeness (QED) is 0.628. The molecule has 3 nitrogen and oxygen atoms in total. The molecule has 1 N–H and O–H groups in total. The number of hydrogen-bond acceptors (Lipinski definition) is 3. The van der Waals surface area contributed by atoms with Crippen molar-refractivity contribution in [2.75, 3.05) is 13.7 Å². The third-order valence-electron chi connectivity index (χ3n) is 2.88. The highest BCUT2D eigenvalue weighted by atomic mass is 16.5. The standard InChI is InChI=1S/C14H21NO2/c1-10-7-11(2)13(12(3)8-10)9-15-6-5-14(16)17-4/h7-8,15H,5-6,9H2,1-4H3. The molecule has 0 aromatic heterocycles. The van der Waals surface area contributed by atoms with Gasteiger partial charge in [0.1, 0.15) is 0 Å². The molecule has 0 atom stereocenters. The molecular formula is C14H21NO2. The summed E-state index contributed by atoms with van der Waals surface area (Å²) >= 11 is 0. The zero-order valence-corrected chi connectivity index (χ0v) is 11.1. The molecule has 1 aromatic rings. The topological polar surface area (TPSA) is 38.3 Å². The number of esters is 1. The van der Waals surface area contributed by atoms with E-state index in [0.717, 1.165) is 6.54 Å². The van der Waals surface area contributed by atoms with Gasteiger partial charge in [0.15, 0.2) is 0 Å². The Bertz CT molecular complexity index is 376. The lowest BCUT2D eigenvalue weighted by molar-refractivity contribution is -0.140. The molecular weight excluding hydrogens is 214 g/mol. The van der Waals surface area contributed by atoms with E-state index < -0.39 is 0 Å². The summed E-state index contributed by atoms with van der Waals surface area (Å²) in [7, 11) is 1.41. The van der Waals surface area contributed by atoms with Crippen LogP contribution in [0.2, 0.25) is 0 Å². The van der Waals surface area contributed by atoms with Crippen molar-refractivity contribution in [3.8, 4) is 0 Å². The van der Waals surface area contributed by atoms with Gasteiger partial charge in [0, 0.05) is 13.1 Å². The number of carbonyl (C=O) groups excluding carboxylic acids is 1. The van der Waals surface area contributed by atoms with Gasteiger partial charge in [-0.2, -0.15) is 0 Å². The average molecular weight is 235 g/mol. The highest BCUT2D eigenvalue weighted by molar-refractivity contribution is 5.69. The van der Waals surface area contributed by atoms with E-state index in [0.29, 0.717) is 13.0 Å². The molecule has 0 spiro atoms. The predicted molar refractivity (Wildman–Crippen MR) is 69.0 cm³/mol. The number of aryl methyl sites for hydroxylation is 3. The molecule has 0 aliphatic heterocycles. The van der Waals surface area contributed by atoms with Crippen molar-refractivity contribution in [3.05, 3.63) is 34.4 Å². The van der Waals surface area contributed by atoms with E-state index >= 15 is 0 Å². The third kappa shape index (κ3) is 4.19. The third-order valence-corrected chi connectivity index (χ3v) is 2.88. The Morgan fingerprint density at radius 1 is 1.24 bits per heavy atom. The minimum absolute atomic E-state index is 0.171. The van der Waals surface area contributed by atoms with Gasteiger partial charge in [-0.3, -0.25) is 4.79 Å². The number of methoxy groups -OCH3 is 1.